The van der Waals surface area contributed by atoms with Crippen molar-refractivity contribution in [1.29, 1.82) is 0 Å². The highest BCUT2D eigenvalue weighted by Gasteiger charge is 2.19. The van der Waals surface area contributed by atoms with Crippen LogP contribution in [0.3, 0.4) is 0 Å². The minimum atomic E-state index is 0.250. The summed E-state index contributed by atoms with van der Waals surface area (Å²) in [5.41, 5.74) is 3.18. The van der Waals surface area contributed by atoms with E-state index in [1.54, 1.807) is 13.1 Å². The second kappa shape index (κ2) is 13.3. The van der Waals surface area contributed by atoms with E-state index in [-0.39, 0.29) is 6.61 Å². The molecule has 2 aromatic heterocycles. The molecule has 0 atom stereocenters. The first-order chi connectivity index (χ1) is 16.6. The van der Waals surface area contributed by atoms with E-state index in [2.05, 4.69) is 66.9 Å². The molecule has 9 heteroatoms. The van der Waals surface area contributed by atoms with E-state index in [1.807, 2.05) is 11.6 Å². The number of nitrogens with one attached hydrogen (secondary N) is 2. The highest BCUT2D eigenvalue weighted by molar-refractivity contribution is 9.10. The third-order valence-electron chi connectivity index (χ3n) is 5.63. The first kappa shape index (κ1) is 26.0. The molecule has 2 aliphatic rings. The molecule has 0 unspecified atom stereocenters. The van der Waals surface area contributed by atoms with Crippen LogP contribution in [0.15, 0.2) is 41.0 Å². The van der Waals surface area contributed by atoms with Gasteiger partial charge in [-0.2, -0.15) is 9.61 Å². The third kappa shape index (κ3) is 7.43. The molecule has 34 heavy (non-hydrogen) atoms. The number of anilines is 3. The molecule has 0 radical (unpaired) electrons. The number of aliphatic hydroxyl groups excluding tert-OH is 1. The summed E-state index contributed by atoms with van der Waals surface area (Å²) in [7, 11) is 1.93. The Labute approximate surface area is 209 Å². The van der Waals surface area contributed by atoms with E-state index in [0.29, 0.717) is 5.92 Å². The fraction of sp³-hybridized carbons (Fsp3) is 0.480. The molecule has 2 fully saturated rings. The molecule has 1 saturated heterocycles. The Balaban J connectivity index is 0.000000348. The van der Waals surface area contributed by atoms with Crippen molar-refractivity contribution in [3.05, 3.63) is 46.6 Å². The van der Waals surface area contributed by atoms with Gasteiger partial charge in [0.25, 0.3) is 0 Å². The van der Waals surface area contributed by atoms with Gasteiger partial charge in [-0.25, -0.2) is 4.98 Å². The highest BCUT2D eigenvalue weighted by atomic mass is 79.9. The molecule has 1 aromatic carbocycles. The Hall–Kier alpha value is -2.65. The topological polar surface area (TPSA) is 94.8 Å². The van der Waals surface area contributed by atoms with Crippen molar-refractivity contribution >= 4 is 45.2 Å². The van der Waals surface area contributed by atoms with E-state index < -0.39 is 0 Å². The van der Waals surface area contributed by atoms with Crippen LogP contribution >= 0.6 is 15.9 Å². The van der Waals surface area contributed by atoms with Crippen LogP contribution in [0.25, 0.3) is 5.65 Å². The van der Waals surface area contributed by atoms with Crippen LogP contribution in [0.4, 0.5) is 17.3 Å². The maximum atomic E-state index is 9.57. The molecule has 3 N–H and O–H groups in total. The first-order valence-corrected chi connectivity index (χ1v) is 12.7. The van der Waals surface area contributed by atoms with Crippen LogP contribution in [0.1, 0.15) is 44.6 Å². The van der Waals surface area contributed by atoms with Crippen LogP contribution in [0, 0.1) is 5.92 Å². The average Bonchev–Trinajstić information content (AvgIpc) is 3.66. The van der Waals surface area contributed by atoms with Crippen LogP contribution in [-0.2, 0) is 11.3 Å². The maximum Gasteiger partial charge on any atom is 0.173 e. The molecular formula is C25H35BrN6O2. The van der Waals surface area contributed by atoms with Gasteiger partial charge in [0.1, 0.15) is 17.9 Å². The lowest BCUT2D eigenvalue weighted by atomic mass is 10.1. The number of aromatic nitrogens is 3. The van der Waals surface area contributed by atoms with E-state index in [1.165, 1.54) is 24.8 Å². The molecule has 1 aliphatic carbocycles. The summed E-state index contributed by atoms with van der Waals surface area (Å²) in [4.78, 5) is 16.8. The summed E-state index contributed by atoms with van der Waals surface area (Å²) in [6.07, 6.45) is 8.88. The maximum absolute atomic E-state index is 9.57. The predicted octanol–water partition coefficient (Wildman–Crippen LogP) is 4.73. The molecule has 1 saturated carbocycles. The van der Waals surface area contributed by atoms with Crippen LogP contribution in [0.2, 0.25) is 0 Å². The van der Waals surface area contributed by atoms with Crippen molar-refractivity contribution in [3.8, 4) is 0 Å². The molecule has 0 bridgehead atoms. The molecule has 5 rings (SSSR count). The van der Waals surface area contributed by atoms with Crippen LogP contribution in [0.5, 0.6) is 0 Å². The Morgan fingerprint density at radius 3 is 2.41 bits per heavy atom. The van der Waals surface area contributed by atoms with Crippen LogP contribution in [-0.4, -0.2) is 52.7 Å². The number of carbonyl (C=O) groups excluding carboxylic acids is 1. The minimum Gasteiger partial charge on any atom is -0.397 e. The highest BCUT2D eigenvalue weighted by Crippen LogP contribution is 2.27. The Morgan fingerprint density at radius 2 is 1.85 bits per heavy atom. The Morgan fingerprint density at radius 1 is 1.18 bits per heavy atom. The zero-order valence-electron chi connectivity index (χ0n) is 20.0. The van der Waals surface area contributed by atoms with Crippen molar-refractivity contribution in [2.45, 2.75) is 45.6 Å². The number of aldehydes is 1. The van der Waals surface area contributed by atoms with Gasteiger partial charge < -0.3 is 25.4 Å². The summed E-state index contributed by atoms with van der Waals surface area (Å²) in [6, 6.07) is 10.5. The smallest absolute Gasteiger partial charge is 0.173 e. The number of halogens is 1. The fourth-order valence-corrected chi connectivity index (χ4v) is 3.90. The number of nitrogens with zero attached hydrogens (tertiary/aromatic N) is 4. The normalized spacial score (nSPS) is 15.0. The summed E-state index contributed by atoms with van der Waals surface area (Å²) in [5, 5.41) is 18.7. The van der Waals surface area contributed by atoms with Gasteiger partial charge in [0.05, 0.1) is 10.7 Å². The van der Waals surface area contributed by atoms with Gasteiger partial charge in [0, 0.05) is 51.0 Å². The lowest BCUT2D eigenvalue weighted by Gasteiger charge is -2.28. The summed E-state index contributed by atoms with van der Waals surface area (Å²) < 4.78 is 2.78. The average molecular weight is 531 g/mol. The largest absolute Gasteiger partial charge is 0.397 e. The zero-order chi connectivity index (χ0) is 24.3. The van der Waals surface area contributed by atoms with Gasteiger partial charge in [-0.1, -0.05) is 12.1 Å². The number of fused-ring (bicyclic) bond motifs is 1. The van der Waals surface area contributed by atoms with E-state index >= 15 is 0 Å². The monoisotopic (exact) mass is 530 g/mol. The summed E-state index contributed by atoms with van der Waals surface area (Å²) in [5.74, 6) is 2.43. The molecular weight excluding hydrogens is 496 g/mol. The SMILES string of the molecule is CCO.CNc1ccc(CNc2cc(N3CCCCC3)nc3c(Br)cnn23)cc1.O=CC1CC1. The van der Waals surface area contributed by atoms with Crippen molar-refractivity contribution in [3.63, 3.8) is 0 Å². The molecule has 8 nitrogen and oxygen atoms in total. The predicted molar refractivity (Wildman–Crippen MR) is 142 cm³/mol. The van der Waals surface area contributed by atoms with Gasteiger partial charge in [-0.05, 0) is 72.7 Å². The van der Waals surface area contributed by atoms with E-state index in [9.17, 15) is 4.79 Å². The first-order valence-electron chi connectivity index (χ1n) is 12.0. The molecule has 3 heterocycles. The van der Waals surface area contributed by atoms with Gasteiger partial charge in [-0.15, -0.1) is 0 Å². The van der Waals surface area contributed by atoms with Crippen molar-refractivity contribution in [1.82, 2.24) is 14.6 Å². The number of hydrogen-bond acceptors (Lipinski definition) is 7. The summed E-state index contributed by atoms with van der Waals surface area (Å²) in [6.45, 7) is 4.81. The lowest BCUT2D eigenvalue weighted by Crippen LogP contribution is -2.30. The van der Waals surface area contributed by atoms with Crippen LogP contribution < -0.4 is 15.5 Å². The van der Waals surface area contributed by atoms with Crippen molar-refractivity contribution in [2.75, 3.05) is 42.3 Å². The molecule has 1 aliphatic heterocycles. The molecule has 3 aromatic rings. The number of rotatable bonds is 6. The zero-order valence-corrected chi connectivity index (χ0v) is 21.6. The molecule has 0 spiro atoms. The van der Waals surface area contributed by atoms with Gasteiger partial charge in [0.2, 0.25) is 0 Å². The second-order valence-corrected chi connectivity index (χ2v) is 9.22. The molecule has 184 valence electrons. The van der Waals surface area contributed by atoms with E-state index in [0.717, 1.165) is 66.2 Å². The van der Waals surface area contributed by atoms with Gasteiger partial charge in [-0.3, -0.25) is 0 Å². The Kier molecular flexibility index (Phi) is 10.2. The fourth-order valence-electron chi connectivity index (χ4n) is 3.55. The standard InChI is InChI=1S/C19H23BrN6.C4H6O.C2H6O/c1-21-15-7-5-14(6-8-15)12-22-17-11-18(25-9-3-2-4-10-25)24-19-16(20)13-23-26(17)19;5-3-4-1-2-4;1-2-3/h5-8,11,13,21-22H,2-4,9-10,12H2,1H3;3-4H,1-2H2;3H,2H2,1H3. The van der Waals surface area contributed by atoms with Gasteiger partial charge in [0.15, 0.2) is 5.65 Å². The number of aliphatic hydroxyl groups is 1. The Bertz CT molecular complexity index is 1030. The quantitative estimate of drug-likeness (QED) is 0.396. The van der Waals surface area contributed by atoms with E-state index in [4.69, 9.17) is 10.1 Å². The molecule has 0 amide bonds. The number of piperidine rings is 1. The summed E-state index contributed by atoms with van der Waals surface area (Å²) >= 11 is 3.57. The van der Waals surface area contributed by atoms with Crippen molar-refractivity contribution in [2.24, 2.45) is 5.92 Å². The number of benzene rings is 1. The lowest BCUT2D eigenvalue weighted by molar-refractivity contribution is -0.108. The van der Waals surface area contributed by atoms with Gasteiger partial charge >= 0.3 is 0 Å². The van der Waals surface area contributed by atoms with Crippen molar-refractivity contribution < 1.29 is 9.90 Å². The minimum absolute atomic E-state index is 0.250. The third-order valence-corrected chi connectivity index (χ3v) is 6.19. The second-order valence-electron chi connectivity index (χ2n) is 8.37. The number of carbonyl (C=O) groups is 1. The number of hydrogen-bond donors (Lipinski definition) is 3.